The lowest BCUT2D eigenvalue weighted by Gasteiger charge is -2.59. The molecule has 3 saturated carbocycles. The van der Waals surface area contributed by atoms with Crippen molar-refractivity contribution in [2.45, 2.75) is 239 Å². The van der Waals surface area contributed by atoms with Gasteiger partial charge in [0.25, 0.3) is 0 Å². The quantitative estimate of drug-likeness (QED) is 0.0818. The largest absolute Gasteiger partial charge is 0.394 e. The molecule has 0 aromatic heterocycles. The van der Waals surface area contributed by atoms with E-state index in [0.717, 1.165) is 37.7 Å². The summed E-state index contributed by atoms with van der Waals surface area (Å²) in [6, 6.07) is 0. The molecule has 32 atom stereocenters. The van der Waals surface area contributed by atoms with Gasteiger partial charge in [0.15, 0.2) is 24.7 Å². The topological polar surface area (TPSA) is 346 Å². The molecule has 0 amide bonds. The standard InChI is InChI=1S/C52H86O22S/c1-20(19-75-49-42(64)39(61)36(58)31(17-53)71-49)10-13-52(66-7)21(2)33-30(74-52)15-27-25-9-8-24-14-29(28(55)16-51(24,6)26(25)11-12-50(27,33)5)69-48-45(73-47-41(63)38(60)35(57)23(4)68-47)43(65)44(32(18-54)70-48)72-46-40(62)37(59)34(56)22(3)67-46/h8,20-23,25-49,53-65H,9-19H2,1-7H3/t20?,21-,22+,23+,25+,26-,27-,28+,29+,30-,31+,32+,33-,34+,35+,36+,37-,38-,39-,40-,41-,42+,43-,44+,45+,46+,47+,48+,49-,50-,51-,52+/m0/s1. The third-order valence-corrected chi connectivity index (χ3v) is 21.3. The van der Waals surface area contributed by atoms with Crippen molar-refractivity contribution < 1.29 is 109 Å². The van der Waals surface area contributed by atoms with E-state index in [1.165, 1.54) is 25.6 Å². The molecule has 0 radical (unpaired) electrons. The zero-order chi connectivity index (χ0) is 54.4. The number of fused-ring (bicyclic) bond motifs is 7. The highest BCUT2D eigenvalue weighted by molar-refractivity contribution is 7.99. The highest BCUT2D eigenvalue weighted by Crippen LogP contribution is 2.70. The van der Waals surface area contributed by atoms with Crippen molar-refractivity contribution in [3.05, 3.63) is 11.6 Å². The first-order valence-electron chi connectivity index (χ1n) is 27.3. The smallest absolute Gasteiger partial charge is 0.187 e. The summed E-state index contributed by atoms with van der Waals surface area (Å²) in [4.78, 5) is 0. The average molecular weight is 1100 g/mol. The zero-order valence-electron chi connectivity index (χ0n) is 44.0. The molecule has 0 aromatic carbocycles. The van der Waals surface area contributed by atoms with Crippen LogP contribution in [0, 0.1) is 46.3 Å². The normalized spacial score (nSPS) is 55.3. The van der Waals surface area contributed by atoms with Gasteiger partial charge in [-0.15, -0.1) is 11.8 Å². The van der Waals surface area contributed by atoms with Gasteiger partial charge >= 0.3 is 0 Å². The number of hydrogen-bond donors (Lipinski definition) is 13. The van der Waals surface area contributed by atoms with Crippen molar-refractivity contribution in [3.8, 4) is 0 Å². The highest BCUT2D eigenvalue weighted by Gasteiger charge is 2.69. The lowest BCUT2D eigenvalue weighted by Crippen LogP contribution is -2.67. The molecule has 22 nitrogen and oxygen atoms in total. The number of ether oxygens (including phenoxy) is 9. The Balaban J connectivity index is 0.868. The molecule has 4 aliphatic carbocycles. The summed E-state index contributed by atoms with van der Waals surface area (Å²) in [6.07, 6.45) is -21.9. The Morgan fingerprint density at radius 3 is 1.92 bits per heavy atom. The molecule has 13 N–H and O–H groups in total. The Kier molecular flexibility index (Phi) is 17.9. The molecule has 5 saturated heterocycles. The predicted molar refractivity (Wildman–Crippen MR) is 261 cm³/mol. The summed E-state index contributed by atoms with van der Waals surface area (Å²) in [5, 5.41) is 139. The van der Waals surface area contributed by atoms with Crippen LogP contribution in [0.25, 0.3) is 0 Å². The Morgan fingerprint density at radius 2 is 1.31 bits per heavy atom. The third-order valence-electron chi connectivity index (χ3n) is 19.8. The van der Waals surface area contributed by atoms with E-state index < -0.39 is 153 Å². The van der Waals surface area contributed by atoms with Crippen molar-refractivity contribution >= 4 is 11.8 Å². The first-order chi connectivity index (χ1) is 35.4. The third kappa shape index (κ3) is 10.5. The monoisotopic (exact) mass is 1090 g/mol. The molecule has 8 fully saturated rings. The molecule has 5 aliphatic heterocycles. The number of hydrogen-bond acceptors (Lipinski definition) is 23. The minimum absolute atomic E-state index is 0.00543. The van der Waals surface area contributed by atoms with Crippen molar-refractivity contribution in [2.24, 2.45) is 46.3 Å². The Bertz CT molecular complexity index is 1960. The maximum Gasteiger partial charge on any atom is 0.187 e. The predicted octanol–water partition coefficient (Wildman–Crippen LogP) is -1.64. The molecule has 9 aliphatic rings. The van der Waals surface area contributed by atoms with E-state index in [2.05, 4.69) is 33.8 Å². The van der Waals surface area contributed by atoms with Gasteiger partial charge in [-0.05, 0) is 105 Å². The molecule has 0 aromatic rings. The highest BCUT2D eigenvalue weighted by atomic mass is 32.2. The van der Waals surface area contributed by atoms with Gasteiger partial charge in [0.05, 0.1) is 43.7 Å². The summed E-state index contributed by atoms with van der Waals surface area (Å²) < 4.78 is 55.5. The van der Waals surface area contributed by atoms with Crippen LogP contribution in [0.4, 0.5) is 0 Å². The first-order valence-corrected chi connectivity index (χ1v) is 28.3. The maximum absolute atomic E-state index is 12.2. The van der Waals surface area contributed by atoms with E-state index in [-0.39, 0.29) is 40.6 Å². The number of thioether (sulfide) groups is 1. The van der Waals surface area contributed by atoms with Crippen LogP contribution in [0.15, 0.2) is 11.6 Å². The van der Waals surface area contributed by atoms with Crippen molar-refractivity contribution in [1.82, 2.24) is 0 Å². The second-order valence-electron chi connectivity index (χ2n) is 24.1. The van der Waals surface area contributed by atoms with Gasteiger partial charge in [-0.25, -0.2) is 0 Å². The van der Waals surface area contributed by atoms with Crippen LogP contribution in [0.5, 0.6) is 0 Å². The van der Waals surface area contributed by atoms with Gasteiger partial charge in [0.1, 0.15) is 90.9 Å². The summed E-state index contributed by atoms with van der Waals surface area (Å²) >= 11 is 1.35. The van der Waals surface area contributed by atoms with E-state index in [9.17, 15) is 66.4 Å². The molecular weight excluding hydrogens is 1010 g/mol. The maximum atomic E-state index is 12.2. The van der Waals surface area contributed by atoms with Crippen LogP contribution in [0.1, 0.15) is 92.9 Å². The number of aliphatic hydroxyl groups is 13. The number of allylic oxidation sites excluding steroid dienone is 1. The van der Waals surface area contributed by atoms with E-state index in [4.69, 9.17) is 42.6 Å². The Hall–Kier alpha value is -0.790. The van der Waals surface area contributed by atoms with Gasteiger partial charge in [-0.2, -0.15) is 0 Å². The molecule has 0 bridgehead atoms. The summed E-state index contributed by atoms with van der Waals surface area (Å²) in [5.41, 5.74) is -0.0735. The molecule has 23 heteroatoms. The van der Waals surface area contributed by atoms with Crippen LogP contribution < -0.4 is 0 Å². The van der Waals surface area contributed by atoms with Crippen LogP contribution in [0.3, 0.4) is 0 Å². The molecule has 432 valence electrons. The minimum Gasteiger partial charge on any atom is -0.394 e. The molecular formula is C52H86O22S. The fraction of sp³-hybridized carbons (Fsp3) is 0.962. The van der Waals surface area contributed by atoms with Crippen molar-refractivity contribution in [1.29, 1.82) is 0 Å². The van der Waals surface area contributed by atoms with Gasteiger partial charge < -0.3 is 109 Å². The van der Waals surface area contributed by atoms with Crippen molar-refractivity contribution in [2.75, 3.05) is 26.1 Å². The van der Waals surface area contributed by atoms with Crippen molar-refractivity contribution in [3.63, 3.8) is 0 Å². The fourth-order valence-electron chi connectivity index (χ4n) is 15.3. The molecule has 5 heterocycles. The number of methoxy groups -OCH3 is 1. The Morgan fingerprint density at radius 1 is 0.693 bits per heavy atom. The van der Waals surface area contributed by atoms with E-state index in [0.29, 0.717) is 36.9 Å². The molecule has 75 heavy (non-hydrogen) atoms. The minimum atomic E-state index is -1.79. The summed E-state index contributed by atoms with van der Waals surface area (Å²) in [6.45, 7) is 10.7. The van der Waals surface area contributed by atoms with E-state index in [1.807, 2.05) is 0 Å². The van der Waals surface area contributed by atoms with E-state index >= 15 is 0 Å². The summed E-state index contributed by atoms with van der Waals surface area (Å²) in [5.74, 6) is 1.28. The lowest BCUT2D eigenvalue weighted by molar-refractivity contribution is -0.390. The lowest BCUT2D eigenvalue weighted by atomic mass is 9.46. The SMILES string of the molecule is CO[C@]1(CCC(C)CS[C@@H]2O[C@H](CO)[C@@H](O)[C@H](O)[C@H]2O)O[C@H]2C[C@H]3[C@@H]4CC=C5C[C@@H](O[C@@H]6O[C@H](CO)[C@@H](O[C@H]7O[C@H](C)[C@@H](O)[C@H](O)[C@@H]7O)[C@H](O)[C@H]6O[C@H]6O[C@H](C)[C@@H](O)[C@H](O)[C@@H]6O)[C@H](O)C[C@]5(C)[C@H]4CC[C@]3(C)[C@H]2[C@@H]1C. The number of rotatable bonds is 15. The molecule has 9 rings (SSSR count). The Labute approximate surface area is 442 Å². The van der Waals surface area contributed by atoms with Crippen LogP contribution in [-0.2, 0) is 42.6 Å². The average Bonchev–Trinajstić information content (AvgIpc) is 3.85. The van der Waals surface area contributed by atoms with E-state index in [1.54, 1.807) is 7.11 Å². The first kappa shape index (κ1) is 58.9. The second-order valence-corrected chi connectivity index (χ2v) is 25.3. The van der Waals surface area contributed by atoms with Gasteiger partial charge in [0, 0.05) is 19.4 Å². The van der Waals surface area contributed by atoms with Gasteiger partial charge in [0.2, 0.25) is 0 Å². The second kappa shape index (κ2) is 22.9. The fourth-order valence-corrected chi connectivity index (χ4v) is 16.6. The van der Waals surface area contributed by atoms with Crippen LogP contribution >= 0.6 is 11.8 Å². The summed E-state index contributed by atoms with van der Waals surface area (Å²) in [7, 11) is 1.72. The van der Waals surface area contributed by atoms with Crippen LogP contribution in [0.2, 0.25) is 0 Å². The van der Waals surface area contributed by atoms with Gasteiger partial charge in [-0.1, -0.05) is 39.3 Å². The zero-order valence-corrected chi connectivity index (χ0v) is 44.8. The molecule has 0 spiro atoms. The van der Waals surface area contributed by atoms with Gasteiger partial charge in [-0.3, -0.25) is 0 Å². The van der Waals surface area contributed by atoms with Crippen LogP contribution in [-0.4, -0.2) is 239 Å². The molecule has 1 unspecified atom stereocenters. The number of aliphatic hydroxyl groups excluding tert-OH is 13.